The van der Waals surface area contributed by atoms with Gasteiger partial charge in [0.25, 0.3) is 0 Å². The maximum atomic E-state index is 12.3. The normalized spacial score (nSPS) is 13.5. The van der Waals surface area contributed by atoms with Gasteiger partial charge in [0, 0.05) is 18.4 Å². The van der Waals surface area contributed by atoms with Crippen LogP contribution < -0.4 is 10.6 Å². The summed E-state index contributed by atoms with van der Waals surface area (Å²) < 4.78 is 1.86. The minimum atomic E-state index is -0.0400. The molecule has 0 saturated carbocycles. The van der Waals surface area contributed by atoms with Crippen LogP contribution in [0.3, 0.4) is 0 Å². The summed E-state index contributed by atoms with van der Waals surface area (Å²) in [5, 5.41) is 12.9. The van der Waals surface area contributed by atoms with Crippen molar-refractivity contribution < 1.29 is 4.79 Å². The van der Waals surface area contributed by atoms with Crippen LogP contribution in [0.25, 0.3) is 10.8 Å². The number of benzene rings is 2. The second-order valence-electron chi connectivity index (χ2n) is 6.37. The molecule has 1 aromatic heterocycles. The first kappa shape index (κ1) is 17.2. The van der Waals surface area contributed by atoms with Crippen molar-refractivity contribution >= 4 is 16.7 Å². The lowest BCUT2D eigenvalue weighted by molar-refractivity contribution is -0.121. The van der Waals surface area contributed by atoms with Crippen molar-refractivity contribution in [1.82, 2.24) is 20.4 Å². The molecule has 3 aromatic rings. The minimum Gasteiger partial charge on any atom is -0.348 e. The minimum absolute atomic E-state index is 0.00671. The van der Waals surface area contributed by atoms with Gasteiger partial charge >= 0.3 is 0 Å². The van der Waals surface area contributed by atoms with Gasteiger partial charge in [-0.1, -0.05) is 42.5 Å². The SMILES string of the molecule is C[C@H](Cn1cccn1)NCC(=O)N[C@@H](C)c1cccc2ccccc12. The van der Waals surface area contributed by atoms with Gasteiger partial charge in [-0.15, -0.1) is 0 Å². The molecular weight excluding hydrogens is 312 g/mol. The van der Waals surface area contributed by atoms with Gasteiger partial charge in [-0.25, -0.2) is 0 Å². The summed E-state index contributed by atoms with van der Waals surface area (Å²) in [5.74, 6) is -0.00671. The van der Waals surface area contributed by atoms with Crippen LogP contribution in [-0.2, 0) is 11.3 Å². The first-order valence-corrected chi connectivity index (χ1v) is 8.61. The molecule has 0 aliphatic rings. The summed E-state index contributed by atoms with van der Waals surface area (Å²) in [4.78, 5) is 12.3. The third-order valence-corrected chi connectivity index (χ3v) is 4.30. The van der Waals surface area contributed by atoms with E-state index in [-0.39, 0.29) is 24.5 Å². The quantitative estimate of drug-likeness (QED) is 0.697. The Morgan fingerprint density at radius 2 is 1.92 bits per heavy atom. The van der Waals surface area contributed by atoms with Crippen molar-refractivity contribution in [3.8, 4) is 0 Å². The van der Waals surface area contributed by atoms with Gasteiger partial charge in [0.05, 0.1) is 19.1 Å². The average Bonchev–Trinajstić information content (AvgIpc) is 3.12. The third-order valence-electron chi connectivity index (χ3n) is 4.30. The summed E-state index contributed by atoms with van der Waals surface area (Å²) in [5.41, 5.74) is 1.14. The van der Waals surface area contributed by atoms with E-state index < -0.39 is 0 Å². The van der Waals surface area contributed by atoms with Gasteiger partial charge in [0.2, 0.25) is 5.91 Å². The fraction of sp³-hybridized carbons (Fsp3) is 0.300. The van der Waals surface area contributed by atoms with Crippen LogP contribution in [0.1, 0.15) is 25.5 Å². The Hall–Kier alpha value is -2.66. The van der Waals surface area contributed by atoms with E-state index in [2.05, 4.69) is 40.0 Å². The number of nitrogens with one attached hydrogen (secondary N) is 2. The number of fused-ring (bicyclic) bond motifs is 1. The van der Waals surface area contributed by atoms with Crippen LogP contribution in [0.4, 0.5) is 0 Å². The zero-order valence-electron chi connectivity index (χ0n) is 14.6. The molecule has 2 atom stereocenters. The number of nitrogens with zero attached hydrogens (tertiary/aromatic N) is 2. The first-order chi connectivity index (χ1) is 12.1. The Kier molecular flexibility index (Phi) is 5.46. The van der Waals surface area contributed by atoms with Crippen LogP contribution in [0.5, 0.6) is 0 Å². The average molecular weight is 336 g/mol. The van der Waals surface area contributed by atoms with Crippen LogP contribution in [0, 0.1) is 0 Å². The first-order valence-electron chi connectivity index (χ1n) is 8.61. The molecule has 1 heterocycles. The Morgan fingerprint density at radius 1 is 1.12 bits per heavy atom. The number of carbonyl (C=O) groups is 1. The molecule has 3 rings (SSSR count). The highest BCUT2D eigenvalue weighted by atomic mass is 16.1. The number of rotatable bonds is 7. The van der Waals surface area contributed by atoms with Gasteiger partial charge in [0.15, 0.2) is 0 Å². The van der Waals surface area contributed by atoms with E-state index in [0.29, 0.717) is 0 Å². The van der Waals surface area contributed by atoms with E-state index in [0.717, 1.165) is 12.1 Å². The second-order valence-corrected chi connectivity index (χ2v) is 6.37. The maximum absolute atomic E-state index is 12.3. The van der Waals surface area contributed by atoms with E-state index in [1.807, 2.05) is 49.0 Å². The van der Waals surface area contributed by atoms with Crippen LogP contribution in [0.2, 0.25) is 0 Å². The molecule has 0 radical (unpaired) electrons. The fourth-order valence-corrected chi connectivity index (χ4v) is 3.02. The van der Waals surface area contributed by atoms with Crippen molar-refractivity contribution in [3.63, 3.8) is 0 Å². The Balaban J connectivity index is 1.55. The number of aromatic nitrogens is 2. The summed E-state index contributed by atoms with van der Waals surface area (Å²) in [6.45, 7) is 5.09. The maximum Gasteiger partial charge on any atom is 0.234 e. The Labute approximate surface area is 148 Å². The number of amides is 1. The molecule has 0 bridgehead atoms. The van der Waals surface area contributed by atoms with Crippen molar-refractivity contribution in [2.24, 2.45) is 0 Å². The third kappa shape index (κ3) is 4.45. The second kappa shape index (κ2) is 7.94. The highest BCUT2D eigenvalue weighted by molar-refractivity contribution is 5.87. The Bertz CT molecular complexity index is 823. The molecule has 0 aliphatic heterocycles. The molecule has 0 spiro atoms. The molecule has 2 N–H and O–H groups in total. The lowest BCUT2D eigenvalue weighted by atomic mass is 10.00. The number of hydrogen-bond acceptors (Lipinski definition) is 3. The van der Waals surface area contributed by atoms with Crippen LogP contribution in [-0.4, -0.2) is 28.3 Å². The highest BCUT2D eigenvalue weighted by Crippen LogP contribution is 2.23. The standard InChI is InChI=1S/C20H24N4O/c1-15(14-24-12-6-11-22-24)21-13-20(25)23-16(2)18-10-5-8-17-7-3-4-9-19(17)18/h3-12,15-16,21H,13-14H2,1-2H3,(H,23,25)/t15-,16+/m1/s1. The van der Waals surface area contributed by atoms with E-state index >= 15 is 0 Å². The zero-order valence-corrected chi connectivity index (χ0v) is 14.6. The summed E-state index contributed by atoms with van der Waals surface area (Å²) in [6.07, 6.45) is 3.67. The predicted molar refractivity (Wildman–Crippen MR) is 100 cm³/mol. The molecule has 0 saturated heterocycles. The molecule has 5 nitrogen and oxygen atoms in total. The molecule has 0 aliphatic carbocycles. The van der Waals surface area contributed by atoms with Crippen LogP contribution >= 0.6 is 0 Å². The van der Waals surface area contributed by atoms with Crippen LogP contribution in [0.15, 0.2) is 60.9 Å². The number of hydrogen-bond donors (Lipinski definition) is 2. The molecule has 0 fully saturated rings. The predicted octanol–water partition coefficient (Wildman–Crippen LogP) is 2.89. The lowest BCUT2D eigenvalue weighted by Gasteiger charge is -2.18. The molecule has 25 heavy (non-hydrogen) atoms. The summed E-state index contributed by atoms with van der Waals surface area (Å²) in [6, 6.07) is 16.5. The van der Waals surface area contributed by atoms with Gasteiger partial charge in [0.1, 0.15) is 0 Å². The van der Waals surface area contributed by atoms with Gasteiger partial charge in [-0.05, 0) is 36.2 Å². The van der Waals surface area contributed by atoms with Crippen molar-refractivity contribution in [2.45, 2.75) is 32.5 Å². The van der Waals surface area contributed by atoms with Gasteiger partial charge in [-0.3, -0.25) is 9.48 Å². The molecule has 0 unspecified atom stereocenters. The van der Waals surface area contributed by atoms with Crippen molar-refractivity contribution in [1.29, 1.82) is 0 Å². The molecule has 1 amide bonds. The topological polar surface area (TPSA) is 59.0 Å². The van der Waals surface area contributed by atoms with Crippen molar-refractivity contribution in [3.05, 3.63) is 66.5 Å². The van der Waals surface area contributed by atoms with Crippen molar-refractivity contribution in [2.75, 3.05) is 6.54 Å². The molecule has 2 aromatic carbocycles. The van der Waals surface area contributed by atoms with E-state index in [1.54, 1.807) is 6.20 Å². The molecule has 5 heteroatoms. The fourth-order valence-electron chi connectivity index (χ4n) is 3.02. The van der Waals surface area contributed by atoms with Gasteiger partial charge in [-0.2, -0.15) is 5.10 Å². The van der Waals surface area contributed by atoms with E-state index in [1.165, 1.54) is 10.8 Å². The molecular formula is C20H24N4O. The van der Waals surface area contributed by atoms with Gasteiger partial charge < -0.3 is 10.6 Å². The number of carbonyl (C=O) groups excluding carboxylic acids is 1. The molecule has 130 valence electrons. The monoisotopic (exact) mass is 336 g/mol. The summed E-state index contributed by atoms with van der Waals surface area (Å²) in [7, 11) is 0. The smallest absolute Gasteiger partial charge is 0.234 e. The lowest BCUT2D eigenvalue weighted by Crippen LogP contribution is -2.40. The van der Waals surface area contributed by atoms with E-state index in [9.17, 15) is 4.79 Å². The highest BCUT2D eigenvalue weighted by Gasteiger charge is 2.13. The largest absolute Gasteiger partial charge is 0.348 e. The zero-order chi connectivity index (χ0) is 17.6. The Morgan fingerprint density at radius 3 is 2.72 bits per heavy atom. The summed E-state index contributed by atoms with van der Waals surface area (Å²) >= 11 is 0. The van der Waals surface area contributed by atoms with E-state index in [4.69, 9.17) is 0 Å².